The molecule has 5 aliphatic rings. The topological polar surface area (TPSA) is 41.8 Å². The summed E-state index contributed by atoms with van der Waals surface area (Å²) in [5, 5.41) is 11.1. The van der Waals surface area contributed by atoms with E-state index in [9.17, 15) is 5.11 Å². The summed E-state index contributed by atoms with van der Waals surface area (Å²) in [6, 6.07) is 4.51. The Bertz CT molecular complexity index is 669. The fourth-order valence-electron chi connectivity index (χ4n) is 6.41. The van der Waals surface area contributed by atoms with Crippen LogP contribution in [0.25, 0.3) is 0 Å². The van der Waals surface area contributed by atoms with E-state index in [1.165, 1.54) is 57.8 Å². The molecule has 5 aliphatic carbocycles. The van der Waals surface area contributed by atoms with Gasteiger partial charge in [-0.15, -0.1) is 0 Å². The standard InChI is InChI=1S/C22H29NO2/c1-25-19-8-17(13-23-18-3-2-4-18)21(24)20(9-19)22-10-14-5-15(11-22)7-16(6-14)12-22/h8-9,13-16,18,24H,2-7,10-12H2,1H3. The molecule has 0 amide bonds. The second kappa shape index (κ2) is 5.75. The highest BCUT2D eigenvalue weighted by Crippen LogP contribution is 2.62. The van der Waals surface area contributed by atoms with Crippen LogP contribution in [0.1, 0.15) is 68.9 Å². The average Bonchev–Trinajstić information content (AvgIpc) is 2.53. The van der Waals surface area contributed by atoms with Crippen LogP contribution >= 0.6 is 0 Å². The highest BCUT2D eigenvalue weighted by Gasteiger charge is 2.52. The molecular formula is C22H29NO2. The summed E-state index contributed by atoms with van der Waals surface area (Å²) in [6.45, 7) is 0. The molecule has 0 unspecified atom stereocenters. The molecule has 0 aliphatic heterocycles. The Balaban J connectivity index is 1.55. The largest absolute Gasteiger partial charge is 0.507 e. The highest BCUT2D eigenvalue weighted by atomic mass is 16.5. The molecule has 3 nitrogen and oxygen atoms in total. The number of methoxy groups -OCH3 is 1. The Hall–Kier alpha value is -1.51. The molecule has 5 fully saturated rings. The SMILES string of the molecule is COc1cc(C=NC2CCC2)c(O)c(C23CC4CC(CC(C4)C2)C3)c1. The molecule has 0 heterocycles. The van der Waals surface area contributed by atoms with Gasteiger partial charge >= 0.3 is 0 Å². The Morgan fingerprint density at radius 1 is 1.08 bits per heavy atom. The van der Waals surface area contributed by atoms with Crippen molar-refractivity contribution < 1.29 is 9.84 Å². The third-order valence-corrected chi connectivity index (χ3v) is 7.46. The maximum absolute atomic E-state index is 11.1. The van der Waals surface area contributed by atoms with Crippen LogP contribution in [0.2, 0.25) is 0 Å². The maximum Gasteiger partial charge on any atom is 0.128 e. The van der Waals surface area contributed by atoms with Gasteiger partial charge in [-0.3, -0.25) is 4.99 Å². The van der Waals surface area contributed by atoms with Crippen LogP contribution in [0.15, 0.2) is 17.1 Å². The number of aliphatic imine (C=N–C) groups is 1. The minimum Gasteiger partial charge on any atom is -0.507 e. The van der Waals surface area contributed by atoms with Gasteiger partial charge < -0.3 is 9.84 Å². The molecule has 3 heteroatoms. The Morgan fingerprint density at radius 3 is 2.24 bits per heavy atom. The molecular weight excluding hydrogens is 310 g/mol. The number of ether oxygens (including phenoxy) is 1. The zero-order valence-corrected chi connectivity index (χ0v) is 15.2. The Labute approximate surface area is 150 Å². The van der Waals surface area contributed by atoms with Gasteiger partial charge in [-0.2, -0.15) is 0 Å². The minimum absolute atomic E-state index is 0.173. The van der Waals surface area contributed by atoms with Crippen molar-refractivity contribution in [3.05, 3.63) is 23.3 Å². The van der Waals surface area contributed by atoms with Gasteiger partial charge in [0, 0.05) is 23.4 Å². The van der Waals surface area contributed by atoms with Gasteiger partial charge in [0.05, 0.1) is 7.11 Å². The van der Waals surface area contributed by atoms with E-state index in [2.05, 4.69) is 11.1 Å². The van der Waals surface area contributed by atoms with Crippen LogP contribution in [0.3, 0.4) is 0 Å². The van der Waals surface area contributed by atoms with Crippen molar-refractivity contribution in [3.8, 4) is 11.5 Å². The zero-order valence-electron chi connectivity index (χ0n) is 15.2. The number of hydrogen-bond donors (Lipinski definition) is 1. The van der Waals surface area contributed by atoms with Gasteiger partial charge in [-0.1, -0.05) is 0 Å². The van der Waals surface area contributed by atoms with Crippen LogP contribution in [0.4, 0.5) is 0 Å². The van der Waals surface area contributed by atoms with Gasteiger partial charge in [0.25, 0.3) is 0 Å². The molecule has 25 heavy (non-hydrogen) atoms. The molecule has 0 radical (unpaired) electrons. The number of phenolic OH excluding ortho intramolecular Hbond substituents is 1. The van der Waals surface area contributed by atoms with Crippen LogP contribution in [0.5, 0.6) is 11.5 Å². The average molecular weight is 339 g/mol. The van der Waals surface area contributed by atoms with E-state index in [0.717, 1.165) is 34.6 Å². The van der Waals surface area contributed by atoms with Gasteiger partial charge in [0.1, 0.15) is 11.5 Å². The fourth-order valence-corrected chi connectivity index (χ4v) is 6.41. The van der Waals surface area contributed by atoms with E-state index in [-0.39, 0.29) is 5.41 Å². The first kappa shape index (κ1) is 15.7. The van der Waals surface area contributed by atoms with Gasteiger partial charge in [-0.05, 0) is 93.1 Å². The van der Waals surface area contributed by atoms with Crippen molar-refractivity contribution in [2.45, 2.75) is 69.2 Å². The van der Waals surface area contributed by atoms with Crippen molar-refractivity contribution in [1.82, 2.24) is 0 Å². The summed E-state index contributed by atoms with van der Waals surface area (Å²) in [5.74, 6) is 3.92. The first-order valence-electron chi connectivity index (χ1n) is 10.1. The van der Waals surface area contributed by atoms with Crippen molar-refractivity contribution in [2.24, 2.45) is 22.7 Å². The molecule has 5 saturated carbocycles. The smallest absolute Gasteiger partial charge is 0.128 e. The fraction of sp³-hybridized carbons (Fsp3) is 0.682. The predicted molar refractivity (Wildman–Crippen MR) is 99.7 cm³/mol. The van der Waals surface area contributed by atoms with Gasteiger partial charge in [0.2, 0.25) is 0 Å². The molecule has 1 aromatic rings. The van der Waals surface area contributed by atoms with Crippen LogP contribution in [-0.4, -0.2) is 24.5 Å². The Kier molecular flexibility index (Phi) is 3.62. The summed E-state index contributed by atoms with van der Waals surface area (Å²) in [6.07, 6.45) is 13.5. The molecule has 1 aromatic carbocycles. The first-order chi connectivity index (χ1) is 12.1. The number of phenols is 1. The first-order valence-corrected chi connectivity index (χ1v) is 10.1. The molecule has 0 aromatic heterocycles. The van der Waals surface area contributed by atoms with E-state index in [1.54, 1.807) is 7.11 Å². The molecule has 4 bridgehead atoms. The predicted octanol–water partition coefficient (Wildman–Crippen LogP) is 4.84. The van der Waals surface area contributed by atoms with Crippen LogP contribution in [-0.2, 0) is 5.41 Å². The summed E-state index contributed by atoms with van der Waals surface area (Å²) < 4.78 is 5.59. The molecule has 0 atom stereocenters. The number of benzene rings is 1. The van der Waals surface area contributed by atoms with Crippen molar-refractivity contribution >= 4 is 6.21 Å². The van der Waals surface area contributed by atoms with E-state index in [0.29, 0.717) is 11.8 Å². The van der Waals surface area contributed by atoms with E-state index in [4.69, 9.17) is 4.74 Å². The van der Waals surface area contributed by atoms with E-state index >= 15 is 0 Å². The quantitative estimate of drug-likeness (QED) is 0.798. The van der Waals surface area contributed by atoms with Crippen molar-refractivity contribution in [2.75, 3.05) is 7.11 Å². The normalized spacial score (nSPS) is 36.8. The monoisotopic (exact) mass is 339 g/mol. The number of rotatable bonds is 4. The summed E-state index contributed by atoms with van der Waals surface area (Å²) >= 11 is 0. The number of aromatic hydroxyl groups is 1. The lowest BCUT2D eigenvalue weighted by Crippen LogP contribution is -2.48. The van der Waals surface area contributed by atoms with E-state index < -0.39 is 0 Å². The lowest BCUT2D eigenvalue weighted by Gasteiger charge is -2.57. The highest BCUT2D eigenvalue weighted by molar-refractivity contribution is 5.85. The van der Waals surface area contributed by atoms with Gasteiger partial charge in [-0.25, -0.2) is 0 Å². The third-order valence-electron chi connectivity index (χ3n) is 7.46. The molecule has 0 saturated heterocycles. The molecule has 6 rings (SSSR count). The summed E-state index contributed by atoms with van der Waals surface area (Å²) in [4.78, 5) is 4.68. The second-order valence-corrected chi connectivity index (χ2v) is 9.17. The van der Waals surface area contributed by atoms with E-state index in [1.807, 2.05) is 12.3 Å². The van der Waals surface area contributed by atoms with Crippen molar-refractivity contribution in [3.63, 3.8) is 0 Å². The summed E-state index contributed by atoms with van der Waals surface area (Å²) in [7, 11) is 1.72. The van der Waals surface area contributed by atoms with Crippen LogP contribution in [0, 0.1) is 17.8 Å². The lowest BCUT2D eigenvalue weighted by atomic mass is 9.48. The summed E-state index contributed by atoms with van der Waals surface area (Å²) in [5.41, 5.74) is 2.16. The van der Waals surface area contributed by atoms with Gasteiger partial charge in [0.15, 0.2) is 0 Å². The minimum atomic E-state index is 0.173. The molecule has 0 spiro atoms. The Morgan fingerprint density at radius 2 is 1.72 bits per heavy atom. The maximum atomic E-state index is 11.1. The second-order valence-electron chi connectivity index (χ2n) is 9.17. The number of hydrogen-bond acceptors (Lipinski definition) is 3. The molecule has 134 valence electrons. The number of nitrogens with zero attached hydrogens (tertiary/aromatic N) is 1. The van der Waals surface area contributed by atoms with Crippen molar-refractivity contribution in [1.29, 1.82) is 0 Å². The zero-order chi connectivity index (χ0) is 17.0. The van der Waals surface area contributed by atoms with Crippen LogP contribution < -0.4 is 4.74 Å². The lowest BCUT2D eigenvalue weighted by molar-refractivity contribution is -0.00622. The molecule has 1 N–H and O–H groups in total. The third kappa shape index (κ3) is 2.58.